The van der Waals surface area contributed by atoms with Crippen LogP contribution < -0.4 is 16.0 Å². The second kappa shape index (κ2) is 9.31. The zero-order valence-corrected chi connectivity index (χ0v) is 18.2. The first-order chi connectivity index (χ1) is 15.0. The number of hydrogen-bond donors (Lipinski definition) is 3. The van der Waals surface area contributed by atoms with E-state index in [9.17, 15) is 4.79 Å². The SMILES string of the molecule is C=CC(=O)Nc1cccc(CNc2cc(C3CCNCC3)nc3c(C(C)C)cnn23)c1. The number of piperidine rings is 1. The number of benzene rings is 1. The molecular formula is C24H30N6O. The maximum atomic E-state index is 11.6. The monoisotopic (exact) mass is 418 g/mol. The lowest BCUT2D eigenvalue weighted by atomic mass is 9.94. The van der Waals surface area contributed by atoms with Crippen LogP contribution >= 0.6 is 0 Å². The predicted molar refractivity (Wildman–Crippen MR) is 125 cm³/mol. The second-order valence-corrected chi connectivity index (χ2v) is 8.33. The van der Waals surface area contributed by atoms with Gasteiger partial charge in [-0.15, -0.1) is 0 Å². The molecule has 1 aliphatic rings. The Kier molecular flexibility index (Phi) is 6.32. The van der Waals surface area contributed by atoms with Gasteiger partial charge in [-0.05, 0) is 55.6 Å². The summed E-state index contributed by atoms with van der Waals surface area (Å²) in [5.74, 6) is 1.53. The summed E-state index contributed by atoms with van der Waals surface area (Å²) in [6.45, 7) is 10.5. The van der Waals surface area contributed by atoms with E-state index in [0.717, 1.165) is 59.9 Å². The van der Waals surface area contributed by atoms with Gasteiger partial charge in [0.05, 0.1) is 6.20 Å². The Hall–Kier alpha value is -3.19. The van der Waals surface area contributed by atoms with Crippen molar-refractivity contribution in [2.24, 2.45) is 0 Å². The molecule has 1 saturated heterocycles. The van der Waals surface area contributed by atoms with Gasteiger partial charge < -0.3 is 16.0 Å². The molecule has 0 saturated carbocycles. The fourth-order valence-corrected chi connectivity index (χ4v) is 4.00. The molecule has 162 valence electrons. The molecule has 7 nitrogen and oxygen atoms in total. The Morgan fingerprint density at radius 1 is 1.32 bits per heavy atom. The van der Waals surface area contributed by atoms with E-state index >= 15 is 0 Å². The van der Waals surface area contributed by atoms with Gasteiger partial charge in [0.1, 0.15) is 5.82 Å². The molecule has 0 bridgehead atoms. The van der Waals surface area contributed by atoms with Gasteiger partial charge in [0.2, 0.25) is 5.91 Å². The first kappa shape index (κ1) is 21.1. The highest BCUT2D eigenvalue weighted by Gasteiger charge is 2.20. The van der Waals surface area contributed by atoms with Crippen molar-refractivity contribution in [2.75, 3.05) is 23.7 Å². The van der Waals surface area contributed by atoms with Crippen LogP contribution in [-0.4, -0.2) is 33.6 Å². The largest absolute Gasteiger partial charge is 0.366 e. The fourth-order valence-electron chi connectivity index (χ4n) is 4.00. The van der Waals surface area contributed by atoms with E-state index in [1.54, 1.807) is 0 Å². The standard InChI is InChI=1S/C24H30N6O/c1-4-23(31)28-19-7-5-6-17(12-19)14-26-22-13-21(18-8-10-25-11-9-18)29-24-20(16(2)3)15-27-30(22)24/h4-7,12-13,15-16,18,25-26H,1,8-11,14H2,2-3H3,(H,28,31). The number of carbonyl (C=O) groups is 1. The molecule has 2 aromatic heterocycles. The van der Waals surface area contributed by atoms with Crippen molar-refractivity contribution in [1.82, 2.24) is 19.9 Å². The summed E-state index contributed by atoms with van der Waals surface area (Å²) in [4.78, 5) is 16.6. The Bertz CT molecular complexity index is 1080. The van der Waals surface area contributed by atoms with Gasteiger partial charge in [0.25, 0.3) is 0 Å². The van der Waals surface area contributed by atoms with Crippen LogP contribution in [0.15, 0.2) is 49.2 Å². The molecule has 31 heavy (non-hydrogen) atoms. The Morgan fingerprint density at radius 2 is 2.13 bits per heavy atom. The molecule has 1 aromatic carbocycles. The van der Waals surface area contributed by atoms with Crippen LogP contribution in [0, 0.1) is 0 Å². The van der Waals surface area contributed by atoms with Gasteiger partial charge in [-0.2, -0.15) is 9.61 Å². The molecule has 0 radical (unpaired) electrons. The van der Waals surface area contributed by atoms with E-state index in [2.05, 4.69) is 47.5 Å². The average Bonchev–Trinajstić information content (AvgIpc) is 3.23. The third-order valence-electron chi connectivity index (χ3n) is 5.75. The molecule has 0 spiro atoms. The molecule has 3 N–H and O–H groups in total. The zero-order valence-electron chi connectivity index (χ0n) is 18.2. The molecule has 1 aliphatic heterocycles. The summed E-state index contributed by atoms with van der Waals surface area (Å²) in [7, 11) is 0. The second-order valence-electron chi connectivity index (χ2n) is 8.33. The van der Waals surface area contributed by atoms with Crippen molar-refractivity contribution >= 4 is 23.1 Å². The minimum absolute atomic E-state index is 0.217. The van der Waals surface area contributed by atoms with Crippen LogP contribution in [0.2, 0.25) is 0 Å². The third-order valence-corrected chi connectivity index (χ3v) is 5.75. The van der Waals surface area contributed by atoms with Gasteiger partial charge in [-0.1, -0.05) is 32.6 Å². The molecule has 0 aliphatic carbocycles. The molecule has 1 amide bonds. The summed E-state index contributed by atoms with van der Waals surface area (Å²) in [5, 5.41) is 14.4. The Labute approximate surface area is 183 Å². The van der Waals surface area contributed by atoms with Crippen molar-refractivity contribution in [3.63, 3.8) is 0 Å². The summed E-state index contributed by atoms with van der Waals surface area (Å²) in [6, 6.07) is 9.94. The maximum absolute atomic E-state index is 11.6. The fraction of sp³-hybridized carbons (Fsp3) is 0.375. The molecule has 3 heterocycles. The van der Waals surface area contributed by atoms with Crippen LogP contribution in [0.25, 0.3) is 5.65 Å². The number of carbonyl (C=O) groups excluding carboxylic acids is 1. The Balaban J connectivity index is 1.62. The third kappa shape index (κ3) is 4.77. The van der Waals surface area contributed by atoms with Crippen LogP contribution in [0.3, 0.4) is 0 Å². The highest BCUT2D eigenvalue weighted by Crippen LogP contribution is 2.29. The van der Waals surface area contributed by atoms with Gasteiger partial charge in [-0.25, -0.2) is 4.98 Å². The molecule has 0 atom stereocenters. The highest BCUT2D eigenvalue weighted by atomic mass is 16.1. The lowest BCUT2D eigenvalue weighted by molar-refractivity contribution is -0.111. The summed E-state index contributed by atoms with van der Waals surface area (Å²) >= 11 is 0. The number of aromatic nitrogens is 3. The van der Waals surface area contributed by atoms with Crippen LogP contribution in [-0.2, 0) is 11.3 Å². The molecule has 4 rings (SSSR count). The quantitative estimate of drug-likeness (QED) is 0.504. The number of hydrogen-bond acceptors (Lipinski definition) is 5. The minimum Gasteiger partial charge on any atom is -0.366 e. The number of fused-ring (bicyclic) bond motifs is 1. The van der Waals surface area contributed by atoms with Crippen LogP contribution in [0.4, 0.5) is 11.5 Å². The summed E-state index contributed by atoms with van der Waals surface area (Å²) in [5.41, 5.74) is 5.03. The molecule has 1 fully saturated rings. The van der Waals surface area contributed by atoms with Gasteiger partial charge >= 0.3 is 0 Å². The topological polar surface area (TPSA) is 83.4 Å². The summed E-state index contributed by atoms with van der Waals surface area (Å²) < 4.78 is 1.91. The van der Waals surface area contributed by atoms with E-state index in [0.29, 0.717) is 18.4 Å². The van der Waals surface area contributed by atoms with E-state index < -0.39 is 0 Å². The predicted octanol–water partition coefficient (Wildman–Crippen LogP) is 4.06. The van der Waals surface area contributed by atoms with Crippen molar-refractivity contribution < 1.29 is 4.79 Å². The van der Waals surface area contributed by atoms with Gasteiger partial charge in [0, 0.05) is 35.5 Å². The first-order valence-corrected chi connectivity index (χ1v) is 10.9. The highest BCUT2D eigenvalue weighted by molar-refractivity contribution is 5.98. The lowest BCUT2D eigenvalue weighted by Crippen LogP contribution is -2.27. The zero-order chi connectivity index (χ0) is 21.8. The average molecular weight is 419 g/mol. The normalized spacial score (nSPS) is 14.7. The number of amides is 1. The van der Waals surface area contributed by atoms with E-state index in [1.165, 1.54) is 6.08 Å². The lowest BCUT2D eigenvalue weighted by Gasteiger charge is -2.23. The van der Waals surface area contributed by atoms with Crippen LogP contribution in [0.5, 0.6) is 0 Å². The first-order valence-electron chi connectivity index (χ1n) is 10.9. The van der Waals surface area contributed by atoms with Crippen molar-refractivity contribution in [3.05, 3.63) is 66.0 Å². The van der Waals surface area contributed by atoms with Gasteiger partial charge in [-0.3, -0.25) is 4.79 Å². The number of rotatable bonds is 7. The van der Waals surface area contributed by atoms with Crippen LogP contribution in [0.1, 0.15) is 55.3 Å². The smallest absolute Gasteiger partial charge is 0.247 e. The van der Waals surface area contributed by atoms with Gasteiger partial charge in [0.15, 0.2) is 5.65 Å². The number of nitrogens with one attached hydrogen (secondary N) is 3. The molecule has 3 aromatic rings. The molecule has 7 heteroatoms. The van der Waals surface area contributed by atoms with E-state index in [-0.39, 0.29) is 5.91 Å². The van der Waals surface area contributed by atoms with Crippen molar-refractivity contribution in [2.45, 2.75) is 45.1 Å². The van der Waals surface area contributed by atoms with Crippen molar-refractivity contribution in [1.29, 1.82) is 0 Å². The van der Waals surface area contributed by atoms with E-state index in [1.807, 2.05) is 35.0 Å². The minimum atomic E-state index is -0.217. The number of anilines is 2. The van der Waals surface area contributed by atoms with E-state index in [4.69, 9.17) is 4.98 Å². The maximum Gasteiger partial charge on any atom is 0.247 e. The summed E-state index contributed by atoms with van der Waals surface area (Å²) in [6.07, 6.45) is 5.39. The van der Waals surface area contributed by atoms with Crippen molar-refractivity contribution in [3.8, 4) is 0 Å². The Morgan fingerprint density at radius 3 is 2.87 bits per heavy atom. The number of nitrogens with zero attached hydrogens (tertiary/aromatic N) is 3. The molecule has 0 unspecified atom stereocenters. The molecular weight excluding hydrogens is 388 g/mol.